The van der Waals surface area contributed by atoms with Crippen LogP contribution in [-0.2, 0) is 16.0 Å². The number of carbonyl (C=O) groups excluding carboxylic acids is 3. The molecule has 3 aromatic carbocycles. The molecule has 9 nitrogen and oxygen atoms in total. The highest BCUT2D eigenvalue weighted by Crippen LogP contribution is 2.24. The Kier molecular flexibility index (Phi) is 8.50. The summed E-state index contributed by atoms with van der Waals surface area (Å²) in [5.74, 6) is 0.0345. The van der Waals surface area contributed by atoms with Crippen LogP contribution < -0.4 is 20.7 Å². The van der Waals surface area contributed by atoms with Crippen molar-refractivity contribution in [2.45, 2.75) is 32.8 Å². The number of carbonyl (C=O) groups is 3. The molecule has 0 unspecified atom stereocenters. The fourth-order valence-corrected chi connectivity index (χ4v) is 3.84. The van der Waals surface area contributed by atoms with E-state index in [0.717, 1.165) is 16.5 Å². The Balaban J connectivity index is 1.26. The first-order valence-electron chi connectivity index (χ1n) is 12.6. The molecule has 0 aliphatic heterocycles. The van der Waals surface area contributed by atoms with Gasteiger partial charge in [-0.3, -0.25) is 9.59 Å². The predicted octanol–water partition coefficient (Wildman–Crippen LogP) is 5.50. The number of alkyl carbamates (subject to hydrolysis) is 1. The average Bonchev–Trinajstić information content (AvgIpc) is 3.30. The van der Waals surface area contributed by atoms with Crippen molar-refractivity contribution in [1.29, 1.82) is 0 Å². The Bertz CT molecular complexity index is 1440. The summed E-state index contributed by atoms with van der Waals surface area (Å²) in [7, 11) is 0. The van der Waals surface area contributed by atoms with E-state index in [9.17, 15) is 14.4 Å². The van der Waals surface area contributed by atoms with E-state index in [1.807, 2.05) is 45.2 Å². The van der Waals surface area contributed by atoms with E-state index < -0.39 is 11.7 Å². The van der Waals surface area contributed by atoms with E-state index in [1.165, 1.54) is 0 Å². The number of aromatic nitrogens is 1. The van der Waals surface area contributed by atoms with Crippen LogP contribution >= 0.6 is 0 Å². The van der Waals surface area contributed by atoms with Gasteiger partial charge < -0.3 is 30.4 Å². The van der Waals surface area contributed by atoms with Crippen molar-refractivity contribution in [3.8, 4) is 5.75 Å². The van der Waals surface area contributed by atoms with Crippen LogP contribution in [0.5, 0.6) is 5.75 Å². The Morgan fingerprint density at radius 2 is 1.56 bits per heavy atom. The molecule has 4 rings (SSSR count). The number of ether oxygens (including phenoxy) is 2. The van der Waals surface area contributed by atoms with Gasteiger partial charge in [-0.25, -0.2) is 4.79 Å². The molecule has 0 spiro atoms. The second kappa shape index (κ2) is 12.2. The minimum Gasteiger partial charge on any atom is -0.484 e. The number of nitrogens with one attached hydrogen (secondary N) is 4. The molecule has 39 heavy (non-hydrogen) atoms. The summed E-state index contributed by atoms with van der Waals surface area (Å²) >= 11 is 0. The maximum absolute atomic E-state index is 12.5. The van der Waals surface area contributed by atoms with Gasteiger partial charge in [0.15, 0.2) is 6.61 Å². The van der Waals surface area contributed by atoms with Gasteiger partial charge in [-0.2, -0.15) is 0 Å². The molecule has 4 aromatic rings. The second-order valence-corrected chi connectivity index (χ2v) is 9.93. The summed E-state index contributed by atoms with van der Waals surface area (Å²) in [5, 5.41) is 9.32. The maximum atomic E-state index is 12.5. The lowest BCUT2D eigenvalue weighted by molar-refractivity contribution is -0.118. The lowest BCUT2D eigenvalue weighted by Crippen LogP contribution is -2.33. The summed E-state index contributed by atoms with van der Waals surface area (Å²) < 4.78 is 11.0. The summed E-state index contributed by atoms with van der Waals surface area (Å²) in [6, 6.07) is 21.3. The molecule has 202 valence electrons. The van der Waals surface area contributed by atoms with Gasteiger partial charge >= 0.3 is 6.09 Å². The summed E-state index contributed by atoms with van der Waals surface area (Å²) in [5.41, 5.74) is 3.16. The topological polar surface area (TPSA) is 122 Å². The van der Waals surface area contributed by atoms with Crippen molar-refractivity contribution in [3.05, 3.63) is 90.1 Å². The fraction of sp³-hybridized carbons (Fsp3) is 0.233. The minimum atomic E-state index is -0.549. The number of fused-ring (bicyclic) bond motifs is 1. The van der Waals surface area contributed by atoms with Crippen LogP contribution in [0.25, 0.3) is 10.9 Å². The summed E-state index contributed by atoms with van der Waals surface area (Å²) in [6.45, 7) is 5.71. The number of H-pyrrole nitrogens is 1. The molecule has 0 atom stereocenters. The zero-order valence-electron chi connectivity index (χ0n) is 22.2. The number of rotatable bonds is 9. The highest BCUT2D eigenvalue weighted by Gasteiger charge is 2.16. The normalized spacial score (nSPS) is 11.1. The second-order valence-electron chi connectivity index (χ2n) is 9.93. The van der Waals surface area contributed by atoms with Crippen LogP contribution in [-0.4, -0.2) is 41.6 Å². The third-order valence-corrected chi connectivity index (χ3v) is 5.63. The van der Waals surface area contributed by atoms with Gasteiger partial charge in [-0.05, 0) is 87.4 Å². The Morgan fingerprint density at radius 3 is 2.26 bits per heavy atom. The van der Waals surface area contributed by atoms with E-state index >= 15 is 0 Å². The van der Waals surface area contributed by atoms with Crippen molar-refractivity contribution in [3.63, 3.8) is 0 Å². The lowest BCUT2D eigenvalue weighted by Gasteiger charge is -2.19. The molecule has 0 aliphatic carbocycles. The molecular weight excluding hydrogens is 496 g/mol. The maximum Gasteiger partial charge on any atom is 0.407 e. The van der Waals surface area contributed by atoms with Crippen LogP contribution in [0.3, 0.4) is 0 Å². The average molecular weight is 529 g/mol. The Labute approximate surface area is 226 Å². The fourth-order valence-electron chi connectivity index (χ4n) is 3.84. The largest absolute Gasteiger partial charge is 0.484 e. The first kappa shape index (κ1) is 27.3. The molecule has 0 aliphatic rings. The molecule has 1 heterocycles. The molecule has 0 fully saturated rings. The van der Waals surface area contributed by atoms with Crippen LogP contribution in [0.2, 0.25) is 0 Å². The number of benzene rings is 3. The van der Waals surface area contributed by atoms with Crippen LogP contribution in [0.1, 0.15) is 36.7 Å². The zero-order chi connectivity index (χ0) is 27.8. The monoisotopic (exact) mass is 528 g/mol. The molecule has 0 saturated carbocycles. The molecule has 0 bridgehead atoms. The highest BCUT2D eigenvalue weighted by atomic mass is 16.6. The highest BCUT2D eigenvalue weighted by molar-refractivity contribution is 6.04. The molecular formula is C30H32N4O5. The minimum absolute atomic E-state index is 0.169. The van der Waals surface area contributed by atoms with E-state index in [0.29, 0.717) is 35.7 Å². The first-order valence-corrected chi connectivity index (χ1v) is 12.6. The van der Waals surface area contributed by atoms with Crippen molar-refractivity contribution >= 4 is 40.2 Å². The smallest absolute Gasteiger partial charge is 0.407 e. The molecule has 3 amide bonds. The molecule has 4 N–H and O–H groups in total. The van der Waals surface area contributed by atoms with Crippen molar-refractivity contribution in [1.82, 2.24) is 10.3 Å². The Hall–Kier alpha value is -4.79. The van der Waals surface area contributed by atoms with Gasteiger partial charge in [0.05, 0.1) is 0 Å². The van der Waals surface area contributed by atoms with Crippen molar-refractivity contribution < 1.29 is 23.9 Å². The third-order valence-electron chi connectivity index (χ3n) is 5.63. The molecule has 0 radical (unpaired) electrons. The van der Waals surface area contributed by atoms with E-state index in [4.69, 9.17) is 9.47 Å². The van der Waals surface area contributed by atoms with Gasteiger partial charge in [0, 0.05) is 40.6 Å². The molecule has 0 saturated heterocycles. The number of hydrogen-bond acceptors (Lipinski definition) is 5. The van der Waals surface area contributed by atoms with Crippen LogP contribution in [0.15, 0.2) is 79.0 Å². The number of hydrogen-bond donors (Lipinski definition) is 4. The van der Waals surface area contributed by atoms with Crippen molar-refractivity contribution in [2.24, 2.45) is 0 Å². The molecule has 9 heteroatoms. The van der Waals surface area contributed by atoms with E-state index in [-0.39, 0.29) is 18.4 Å². The Morgan fingerprint density at radius 1 is 0.872 bits per heavy atom. The zero-order valence-corrected chi connectivity index (χ0v) is 22.2. The van der Waals surface area contributed by atoms with Gasteiger partial charge in [-0.15, -0.1) is 0 Å². The first-order chi connectivity index (χ1) is 18.7. The van der Waals surface area contributed by atoms with Gasteiger partial charge in [-0.1, -0.05) is 18.2 Å². The van der Waals surface area contributed by atoms with Crippen LogP contribution in [0.4, 0.5) is 16.2 Å². The van der Waals surface area contributed by atoms with Gasteiger partial charge in [0.25, 0.3) is 11.8 Å². The molecule has 1 aromatic heterocycles. The van der Waals surface area contributed by atoms with E-state index in [2.05, 4.69) is 20.9 Å². The predicted molar refractivity (Wildman–Crippen MR) is 151 cm³/mol. The SMILES string of the molecule is CC(C)(C)OC(=O)NCCc1c[nH]c2ccc(OCC(=O)Nc3ccc(NC(=O)c4ccccc4)cc3)cc12. The summed E-state index contributed by atoms with van der Waals surface area (Å²) in [6.07, 6.45) is 2.04. The standard InChI is InChI=1S/C30H32N4O5/c1-30(2,3)39-29(37)31-16-15-21-18-32-26-14-13-24(17-25(21)26)38-19-27(35)33-22-9-11-23(12-10-22)34-28(36)20-7-5-4-6-8-20/h4-14,17-18,32H,15-16,19H2,1-3H3,(H,31,37)(H,33,35)(H,34,36). The summed E-state index contributed by atoms with van der Waals surface area (Å²) in [4.78, 5) is 39.8. The number of anilines is 2. The van der Waals surface area contributed by atoms with Crippen molar-refractivity contribution in [2.75, 3.05) is 23.8 Å². The lowest BCUT2D eigenvalue weighted by atomic mass is 10.1. The van der Waals surface area contributed by atoms with Gasteiger partial charge in [0.2, 0.25) is 0 Å². The number of aromatic amines is 1. The van der Waals surface area contributed by atoms with Crippen LogP contribution in [0, 0.1) is 0 Å². The number of amides is 3. The van der Waals surface area contributed by atoms with E-state index in [1.54, 1.807) is 54.6 Å². The van der Waals surface area contributed by atoms with Gasteiger partial charge in [0.1, 0.15) is 11.4 Å². The quantitative estimate of drug-likeness (QED) is 0.228. The third kappa shape index (κ3) is 8.10.